The Labute approximate surface area is 123 Å². The van der Waals surface area contributed by atoms with Crippen LogP contribution in [0.15, 0.2) is 24.3 Å². The van der Waals surface area contributed by atoms with Gasteiger partial charge in [-0.25, -0.2) is 0 Å². The number of likely N-dealkylation sites (N-methyl/N-ethyl adjacent to an activating group) is 1. The fraction of sp³-hybridized carbons (Fsp3) is 0.647. The average Bonchev–Trinajstić information content (AvgIpc) is 2.48. The van der Waals surface area contributed by atoms with E-state index in [4.69, 9.17) is 5.73 Å². The molecule has 0 bridgehead atoms. The Morgan fingerprint density at radius 1 is 1.05 bits per heavy atom. The first-order chi connectivity index (χ1) is 9.57. The summed E-state index contributed by atoms with van der Waals surface area (Å²) in [5.41, 5.74) is 9.00. The zero-order chi connectivity index (χ0) is 14.6. The van der Waals surface area contributed by atoms with Crippen LogP contribution in [0, 0.1) is 0 Å². The molecule has 1 heterocycles. The van der Waals surface area contributed by atoms with Crippen molar-refractivity contribution in [3.8, 4) is 0 Å². The van der Waals surface area contributed by atoms with Crippen LogP contribution in [0.1, 0.15) is 25.0 Å². The smallest absolute Gasteiger partial charge is 0.0344 e. The van der Waals surface area contributed by atoms with Gasteiger partial charge in [-0.2, -0.15) is 0 Å². The topological polar surface area (TPSA) is 32.5 Å². The number of hydrogen-bond donors (Lipinski definition) is 1. The maximum Gasteiger partial charge on any atom is 0.0344 e. The Hall–Kier alpha value is -0.900. The van der Waals surface area contributed by atoms with Gasteiger partial charge in [-0.1, -0.05) is 31.2 Å². The normalized spacial score (nSPS) is 20.8. The molecule has 0 radical (unpaired) electrons. The predicted octanol–water partition coefficient (Wildman–Crippen LogP) is 1.76. The van der Waals surface area contributed by atoms with Crippen LogP contribution in [-0.4, -0.2) is 55.1 Å². The van der Waals surface area contributed by atoms with Gasteiger partial charge in [0, 0.05) is 38.3 Å². The highest BCUT2D eigenvalue weighted by molar-refractivity contribution is 5.24. The molecule has 0 aromatic heterocycles. The summed E-state index contributed by atoms with van der Waals surface area (Å²) in [7, 11) is 2.20. The van der Waals surface area contributed by atoms with E-state index >= 15 is 0 Å². The summed E-state index contributed by atoms with van der Waals surface area (Å²) >= 11 is 0. The molecule has 1 atom stereocenters. The SMILES string of the molecule is CCc1ccc(CC(C)(CN)N2CCN(C)CC2)cc1. The summed E-state index contributed by atoms with van der Waals surface area (Å²) in [6.07, 6.45) is 2.14. The summed E-state index contributed by atoms with van der Waals surface area (Å²) in [6.45, 7) is 9.75. The molecule has 1 aromatic rings. The second-order valence-corrected chi connectivity index (χ2v) is 6.34. The molecule has 2 N–H and O–H groups in total. The molecule has 0 amide bonds. The predicted molar refractivity (Wildman–Crippen MR) is 86.1 cm³/mol. The van der Waals surface area contributed by atoms with E-state index in [1.807, 2.05) is 0 Å². The van der Waals surface area contributed by atoms with Gasteiger partial charge < -0.3 is 10.6 Å². The number of rotatable bonds is 5. The Bertz CT molecular complexity index is 407. The Morgan fingerprint density at radius 2 is 1.60 bits per heavy atom. The van der Waals surface area contributed by atoms with Crippen LogP contribution in [0.25, 0.3) is 0 Å². The van der Waals surface area contributed by atoms with Gasteiger partial charge in [-0.3, -0.25) is 4.90 Å². The fourth-order valence-electron chi connectivity index (χ4n) is 2.99. The van der Waals surface area contributed by atoms with E-state index < -0.39 is 0 Å². The monoisotopic (exact) mass is 275 g/mol. The fourth-order valence-corrected chi connectivity index (χ4v) is 2.99. The molecule has 1 unspecified atom stereocenters. The van der Waals surface area contributed by atoms with Crippen molar-refractivity contribution in [2.24, 2.45) is 5.73 Å². The van der Waals surface area contributed by atoms with E-state index in [0.717, 1.165) is 39.0 Å². The van der Waals surface area contributed by atoms with Gasteiger partial charge in [0.25, 0.3) is 0 Å². The molecule has 0 spiro atoms. The van der Waals surface area contributed by atoms with E-state index in [0.29, 0.717) is 6.54 Å². The maximum absolute atomic E-state index is 6.12. The second kappa shape index (κ2) is 6.70. The molecule has 3 heteroatoms. The van der Waals surface area contributed by atoms with E-state index in [1.165, 1.54) is 11.1 Å². The summed E-state index contributed by atoms with van der Waals surface area (Å²) in [4.78, 5) is 4.96. The molecule has 1 aliphatic rings. The third-order valence-electron chi connectivity index (χ3n) is 4.72. The average molecular weight is 275 g/mol. The highest BCUT2D eigenvalue weighted by atomic mass is 15.3. The third kappa shape index (κ3) is 3.60. The molecule has 20 heavy (non-hydrogen) atoms. The Morgan fingerprint density at radius 3 is 2.10 bits per heavy atom. The van der Waals surface area contributed by atoms with Crippen LogP contribution in [-0.2, 0) is 12.8 Å². The lowest BCUT2D eigenvalue weighted by molar-refractivity contribution is 0.0560. The zero-order valence-corrected chi connectivity index (χ0v) is 13.2. The van der Waals surface area contributed by atoms with Crippen LogP contribution in [0.4, 0.5) is 0 Å². The van der Waals surface area contributed by atoms with Gasteiger partial charge in [0.1, 0.15) is 0 Å². The first-order valence-corrected chi connectivity index (χ1v) is 7.79. The third-order valence-corrected chi connectivity index (χ3v) is 4.72. The molecule has 2 rings (SSSR count). The number of piperazine rings is 1. The van der Waals surface area contributed by atoms with Gasteiger partial charge >= 0.3 is 0 Å². The van der Waals surface area contributed by atoms with Crippen molar-refractivity contribution in [1.82, 2.24) is 9.80 Å². The summed E-state index contributed by atoms with van der Waals surface area (Å²) < 4.78 is 0. The van der Waals surface area contributed by atoms with E-state index in [9.17, 15) is 0 Å². The molecule has 1 fully saturated rings. The minimum absolute atomic E-state index is 0.0784. The van der Waals surface area contributed by atoms with Crippen molar-refractivity contribution >= 4 is 0 Å². The summed E-state index contributed by atoms with van der Waals surface area (Å²) in [6, 6.07) is 9.03. The minimum Gasteiger partial charge on any atom is -0.329 e. The molecule has 112 valence electrons. The summed E-state index contributed by atoms with van der Waals surface area (Å²) in [5.74, 6) is 0. The van der Waals surface area contributed by atoms with Crippen molar-refractivity contribution in [3.63, 3.8) is 0 Å². The maximum atomic E-state index is 6.12. The molecular formula is C17H29N3. The molecule has 0 saturated carbocycles. The molecule has 3 nitrogen and oxygen atoms in total. The van der Waals surface area contributed by atoms with Crippen LogP contribution in [0.2, 0.25) is 0 Å². The lowest BCUT2D eigenvalue weighted by Gasteiger charge is -2.45. The molecule has 1 aliphatic heterocycles. The van der Waals surface area contributed by atoms with E-state index in [1.54, 1.807) is 0 Å². The highest BCUT2D eigenvalue weighted by Crippen LogP contribution is 2.22. The highest BCUT2D eigenvalue weighted by Gasteiger charge is 2.32. The van der Waals surface area contributed by atoms with Crippen molar-refractivity contribution in [2.75, 3.05) is 39.8 Å². The van der Waals surface area contributed by atoms with Crippen molar-refractivity contribution in [3.05, 3.63) is 35.4 Å². The quantitative estimate of drug-likeness (QED) is 0.889. The lowest BCUT2D eigenvalue weighted by Crippen LogP contribution is -2.59. The van der Waals surface area contributed by atoms with Gasteiger partial charge in [-0.05, 0) is 37.9 Å². The van der Waals surface area contributed by atoms with Crippen LogP contribution in [0.5, 0.6) is 0 Å². The molecule has 1 aromatic carbocycles. The standard InChI is InChI=1S/C17H29N3/c1-4-15-5-7-16(8-6-15)13-17(2,14-18)20-11-9-19(3)10-12-20/h5-8H,4,9-14,18H2,1-3H3. The lowest BCUT2D eigenvalue weighted by atomic mass is 9.89. The second-order valence-electron chi connectivity index (χ2n) is 6.34. The molecule has 0 aliphatic carbocycles. The first kappa shape index (κ1) is 15.5. The van der Waals surface area contributed by atoms with Crippen LogP contribution >= 0.6 is 0 Å². The van der Waals surface area contributed by atoms with Gasteiger partial charge in [0.05, 0.1) is 0 Å². The van der Waals surface area contributed by atoms with Crippen molar-refractivity contribution < 1.29 is 0 Å². The van der Waals surface area contributed by atoms with Crippen molar-refractivity contribution in [2.45, 2.75) is 32.2 Å². The van der Waals surface area contributed by atoms with Gasteiger partial charge in [-0.15, -0.1) is 0 Å². The van der Waals surface area contributed by atoms with Gasteiger partial charge in [0.15, 0.2) is 0 Å². The Balaban J connectivity index is 2.05. The number of nitrogens with zero attached hydrogens (tertiary/aromatic N) is 2. The number of hydrogen-bond acceptors (Lipinski definition) is 3. The van der Waals surface area contributed by atoms with E-state index in [2.05, 4.69) is 55.0 Å². The van der Waals surface area contributed by atoms with Gasteiger partial charge in [0.2, 0.25) is 0 Å². The van der Waals surface area contributed by atoms with Crippen molar-refractivity contribution in [1.29, 1.82) is 0 Å². The summed E-state index contributed by atoms with van der Waals surface area (Å²) in [5, 5.41) is 0. The minimum atomic E-state index is 0.0784. The number of aryl methyl sites for hydroxylation is 1. The zero-order valence-electron chi connectivity index (χ0n) is 13.2. The number of nitrogens with two attached hydrogens (primary N) is 1. The molecule has 1 saturated heterocycles. The van der Waals surface area contributed by atoms with Crippen LogP contribution in [0.3, 0.4) is 0 Å². The molecular weight excluding hydrogens is 246 g/mol. The number of benzene rings is 1. The van der Waals surface area contributed by atoms with E-state index in [-0.39, 0.29) is 5.54 Å². The Kier molecular flexibility index (Phi) is 5.19. The van der Waals surface area contributed by atoms with Crippen LogP contribution < -0.4 is 5.73 Å². The largest absolute Gasteiger partial charge is 0.329 e. The first-order valence-electron chi connectivity index (χ1n) is 7.79.